The van der Waals surface area contributed by atoms with Crippen molar-refractivity contribution in [1.29, 1.82) is 0 Å². The van der Waals surface area contributed by atoms with Crippen molar-refractivity contribution in [2.24, 2.45) is 5.73 Å². The maximum absolute atomic E-state index is 10.3. The second kappa shape index (κ2) is 4.31. The first-order valence-corrected chi connectivity index (χ1v) is 3.92. The Hall–Kier alpha value is -0.532. The normalized spacial score (nSPS) is 10.7. The molecule has 10 heavy (non-hydrogen) atoms. The van der Waals surface area contributed by atoms with Gasteiger partial charge in [0.2, 0.25) is 0 Å². The molecule has 0 unspecified atom stereocenters. The van der Waals surface area contributed by atoms with Crippen molar-refractivity contribution < 1.29 is 29.3 Å². The van der Waals surface area contributed by atoms with Gasteiger partial charge in [0.15, 0.2) is 0 Å². The van der Waals surface area contributed by atoms with Gasteiger partial charge in [-0.15, -0.1) is 0 Å². The molecule has 0 aromatic rings. The minimum atomic E-state index is -1.01. The third kappa shape index (κ3) is 2.85. The van der Waals surface area contributed by atoms with Crippen LogP contribution in [-0.2, 0) is 24.1 Å². The third-order valence-corrected chi connectivity index (χ3v) is 1.57. The Balaban J connectivity index is 4.58. The summed E-state index contributed by atoms with van der Waals surface area (Å²) in [6.07, 6.45) is 2.78. The van der Waals surface area contributed by atoms with Crippen LogP contribution in [0.3, 0.4) is 0 Å². The maximum atomic E-state index is 10.3. The van der Waals surface area contributed by atoms with E-state index in [2.05, 4.69) is 6.58 Å². The molecular weight excluding hydrogens is 302 g/mol. The van der Waals surface area contributed by atoms with E-state index in [4.69, 9.17) is 10.8 Å². The van der Waals surface area contributed by atoms with Gasteiger partial charge in [0.25, 0.3) is 0 Å². The number of allylic oxidation sites excluding steroid dienone is 2. The molecule has 0 aliphatic heterocycles. The molecule has 0 radical (unpaired) electrons. The Morgan fingerprint density at radius 2 is 2.20 bits per heavy atom. The first-order valence-electron chi connectivity index (χ1n) is 2.45. The van der Waals surface area contributed by atoms with Gasteiger partial charge in [-0.3, -0.25) is 0 Å². The Morgan fingerprint density at radius 1 is 1.70 bits per heavy atom. The van der Waals surface area contributed by atoms with Crippen LogP contribution >= 0.6 is 0 Å². The van der Waals surface area contributed by atoms with Crippen molar-refractivity contribution in [3.05, 3.63) is 24.3 Å². The van der Waals surface area contributed by atoms with Crippen LogP contribution in [0, 0.1) is 0 Å². The minimum absolute atomic E-state index is 0.130. The van der Waals surface area contributed by atoms with Gasteiger partial charge < -0.3 is 0 Å². The summed E-state index contributed by atoms with van der Waals surface area (Å²) in [5.74, 6) is -1.01. The van der Waals surface area contributed by atoms with Crippen LogP contribution in [0.4, 0.5) is 0 Å². The zero-order chi connectivity index (χ0) is 8.15. The Labute approximate surface area is 69.6 Å². The second-order valence-electron chi connectivity index (χ2n) is 1.49. The van der Waals surface area contributed by atoms with Crippen molar-refractivity contribution in [2.45, 2.75) is 0 Å². The van der Waals surface area contributed by atoms with E-state index < -0.39 is 5.97 Å². The molecule has 0 aliphatic rings. The molecule has 0 rings (SSSR count). The standard InChI is InChI=1S/C6H7NO2.W/c1-2-3-5(4-7)6(8)9;/h2-3H,1,7H2,(H,8,9);/b5-3+;. The number of rotatable bonds is 3. The van der Waals surface area contributed by atoms with Gasteiger partial charge in [0.1, 0.15) is 0 Å². The summed E-state index contributed by atoms with van der Waals surface area (Å²) < 4.78 is 0.368. The van der Waals surface area contributed by atoms with Crippen LogP contribution in [0.15, 0.2) is 24.3 Å². The molecule has 0 aromatic heterocycles. The average Bonchev–Trinajstić information content (AvgIpc) is 1.81. The molecule has 3 nitrogen and oxygen atoms in total. The van der Waals surface area contributed by atoms with Crippen molar-refractivity contribution in [3.8, 4) is 0 Å². The fourth-order valence-electron chi connectivity index (χ4n) is 0.377. The molecule has 3 N–H and O–H groups in total. The summed E-state index contributed by atoms with van der Waals surface area (Å²) in [6, 6.07) is 0. The summed E-state index contributed by atoms with van der Waals surface area (Å²) >= 11 is 0.950. The van der Waals surface area contributed by atoms with Gasteiger partial charge in [-0.1, -0.05) is 0 Å². The molecule has 0 bridgehead atoms. The van der Waals surface area contributed by atoms with E-state index in [-0.39, 0.29) is 5.57 Å². The molecule has 4 heteroatoms. The number of carboxylic acid groups (broad SMARTS) is 1. The fraction of sp³-hybridized carbons (Fsp3) is 0. The van der Waals surface area contributed by atoms with Crippen LogP contribution in [0.25, 0.3) is 0 Å². The quantitative estimate of drug-likeness (QED) is 0.561. The number of hydrogen-bond donors (Lipinski definition) is 2. The monoisotopic (exact) mass is 309 g/mol. The molecule has 0 heterocycles. The molecule has 54 valence electrons. The van der Waals surface area contributed by atoms with E-state index in [0.717, 1.165) is 19.4 Å². The average molecular weight is 309 g/mol. The van der Waals surface area contributed by atoms with Gasteiger partial charge in [-0.25, -0.2) is 0 Å². The summed E-state index contributed by atoms with van der Waals surface area (Å²) in [4.78, 5) is 10.3. The zero-order valence-corrected chi connectivity index (χ0v) is 8.14. The number of carbonyl (C=O) groups is 1. The molecular formula is C6H7NO2W. The molecule has 0 saturated carbocycles. The summed E-state index contributed by atoms with van der Waals surface area (Å²) in [5.41, 5.74) is 5.41. The first-order chi connectivity index (χ1) is 4.59. The SMILES string of the molecule is C=C/C=C(/C(=O)O)[C](N)=[W]. The Bertz CT molecular complexity index is 192. The van der Waals surface area contributed by atoms with Crippen molar-refractivity contribution in [3.63, 3.8) is 0 Å². The summed E-state index contributed by atoms with van der Waals surface area (Å²) in [7, 11) is 0. The van der Waals surface area contributed by atoms with Crippen LogP contribution in [0.1, 0.15) is 0 Å². The van der Waals surface area contributed by atoms with Crippen molar-refractivity contribution in [2.75, 3.05) is 0 Å². The fourth-order valence-corrected chi connectivity index (χ4v) is 0.935. The molecule has 0 saturated heterocycles. The van der Waals surface area contributed by atoms with Crippen molar-refractivity contribution >= 4 is 9.99 Å². The van der Waals surface area contributed by atoms with Crippen LogP contribution < -0.4 is 5.73 Å². The summed E-state index contributed by atoms with van der Waals surface area (Å²) in [6.45, 7) is 3.37. The third-order valence-electron chi connectivity index (χ3n) is 0.780. The van der Waals surface area contributed by atoms with E-state index in [0.29, 0.717) is 4.02 Å². The molecule has 0 fully saturated rings. The molecule has 0 atom stereocenters. The molecule has 0 spiro atoms. The van der Waals surface area contributed by atoms with Gasteiger partial charge >= 0.3 is 69.3 Å². The van der Waals surface area contributed by atoms with Gasteiger partial charge in [0.05, 0.1) is 0 Å². The van der Waals surface area contributed by atoms with Crippen LogP contribution in [-0.4, -0.2) is 15.1 Å². The number of aliphatic carboxylic acids is 1. The number of carboxylic acids is 1. The van der Waals surface area contributed by atoms with E-state index in [9.17, 15) is 4.79 Å². The Kier molecular flexibility index (Phi) is 4.08. The van der Waals surface area contributed by atoms with E-state index in [1.807, 2.05) is 0 Å². The predicted octanol–water partition coefficient (Wildman–Crippen LogP) is -0.181. The Morgan fingerprint density at radius 3 is 2.30 bits per heavy atom. The number of nitrogens with two attached hydrogens (primary N) is 1. The number of hydrogen-bond acceptors (Lipinski definition) is 2. The van der Waals surface area contributed by atoms with Gasteiger partial charge in [-0.2, -0.15) is 0 Å². The van der Waals surface area contributed by atoms with E-state index >= 15 is 0 Å². The first kappa shape index (κ1) is 9.47. The van der Waals surface area contributed by atoms with E-state index in [1.165, 1.54) is 12.2 Å². The van der Waals surface area contributed by atoms with Gasteiger partial charge in [0, 0.05) is 0 Å². The second-order valence-corrected chi connectivity index (χ2v) is 3.07. The summed E-state index contributed by atoms with van der Waals surface area (Å²) in [5, 5.41) is 8.47. The molecule has 0 amide bonds. The topological polar surface area (TPSA) is 63.3 Å². The van der Waals surface area contributed by atoms with Gasteiger partial charge in [-0.05, 0) is 0 Å². The van der Waals surface area contributed by atoms with Crippen LogP contribution in [0.2, 0.25) is 0 Å². The van der Waals surface area contributed by atoms with Crippen molar-refractivity contribution in [1.82, 2.24) is 0 Å². The molecule has 0 aliphatic carbocycles. The van der Waals surface area contributed by atoms with E-state index in [1.54, 1.807) is 0 Å². The molecule has 0 aromatic carbocycles. The predicted molar refractivity (Wildman–Crippen MR) is 35.1 cm³/mol. The zero-order valence-electron chi connectivity index (χ0n) is 5.20. The van der Waals surface area contributed by atoms with Crippen LogP contribution in [0.5, 0.6) is 0 Å².